The van der Waals surface area contributed by atoms with Crippen molar-refractivity contribution in [2.45, 2.75) is 20.1 Å². The Balaban J connectivity index is 1.28. The van der Waals surface area contributed by atoms with Crippen LogP contribution >= 0.6 is 15.9 Å². The Kier molecular flexibility index (Phi) is 5.39. The van der Waals surface area contributed by atoms with E-state index >= 15 is 0 Å². The number of carbonyl (C=O) groups is 1. The van der Waals surface area contributed by atoms with Crippen molar-refractivity contribution in [2.24, 2.45) is 7.05 Å². The lowest BCUT2D eigenvalue weighted by Gasteiger charge is -2.21. The quantitative estimate of drug-likeness (QED) is 0.289. The molecule has 2 aliphatic rings. The molecule has 0 saturated heterocycles. The van der Waals surface area contributed by atoms with E-state index in [9.17, 15) is 4.79 Å². The predicted octanol–water partition coefficient (Wildman–Crippen LogP) is 6.31. The van der Waals surface area contributed by atoms with Crippen LogP contribution < -0.4 is 14.2 Å². The first kappa shape index (κ1) is 21.9. The van der Waals surface area contributed by atoms with E-state index in [-0.39, 0.29) is 12.6 Å². The van der Waals surface area contributed by atoms with Gasteiger partial charge in [-0.05, 0) is 42.8 Å². The van der Waals surface area contributed by atoms with Gasteiger partial charge in [-0.2, -0.15) is 0 Å². The highest BCUT2D eigenvalue weighted by molar-refractivity contribution is 9.10. The third kappa shape index (κ3) is 3.90. The zero-order valence-corrected chi connectivity index (χ0v) is 20.8. The van der Waals surface area contributed by atoms with E-state index in [0.717, 1.165) is 43.4 Å². The number of ether oxygens (including phenoxy) is 4. The standard InChI is InChI=1S/C28H22BrNO5/c1-16-7-21(33-14-19-9-20(29)8-18-13-32-15-34-28(18)19)11-24-26(16)27(31)25(35-24)10-17-12-30(2)23-6-4-3-5-22(17)23/h3-12H,13-15H2,1-2H3/b25-10-. The highest BCUT2D eigenvalue weighted by Crippen LogP contribution is 2.39. The van der Waals surface area contributed by atoms with Crippen molar-refractivity contribution < 1.29 is 23.7 Å². The van der Waals surface area contributed by atoms with Crippen LogP contribution in [0.5, 0.6) is 17.2 Å². The molecule has 0 amide bonds. The zero-order chi connectivity index (χ0) is 24.1. The van der Waals surface area contributed by atoms with Crippen LogP contribution in [0.15, 0.2) is 65.0 Å². The second kappa shape index (κ2) is 8.59. The van der Waals surface area contributed by atoms with Crippen LogP contribution in [-0.2, 0) is 25.0 Å². The van der Waals surface area contributed by atoms with E-state index in [4.69, 9.17) is 18.9 Å². The minimum atomic E-state index is -0.119. The van der Waals surface area contributed by atoms with Crippen LogP contribution in [-0.4, -0.2) is 17.1 Å². The fraction of sp³-hybridized carbons (Fsp3) is 0.179. The van der Waals surface area contributed by atoms with Crippen LogP contribution in [0.4, 0.5) is 0 Å². The number of halogens is 1. The molecule has 2 aliphatic heterocycles. The number of aryl methyl sites for hydroxylation is 2. The van der Waals surface area contributed by atoms with E-state index < -0.39 is 0 Å². The molecule has 0 aliphatic carbocycles. The number of fused-ring (bicyclic) bond motifs is 3. The molecule has 1 aromatic heterocycles. The fourth-order valence-corrected chi connectivity index (χ4v) is 5.27. The average Bonchev–Trinajstić information content (AvgIpc) is 3.34. The first-order chi connectivity index (χ1) is 17.0. The number of nitrogens with zero attached hydrogens (tertiary/aromatic N) is 1. The van der Waals surface area contributed by atoms with Gasteiger partial charge in [0.25, 0.3) is 0 Å². The van der Waals surface area contributed by atoms with E-state index in [2.05, 4.69) is 22.0 Å². The van der Waals surface area contributed by atoms with Crippen molar-refractivity contribution in [1.82, 2.24) is 4.57 Å². The number of Topliss-reactive ketones (excluding diaryl/α,β-unsaturated/α-hetero) is 1. The number of hydrogen-bond acceptors (Lipinski definition) is 5. The van der Waals surface area contributed by atoms with Crippen molar-refractivity contribution >= 4 is 38.7 Å². The molecule has 0 unspecified atom stereocenters. The second-order valence-corrected chi connectivity index (χ2v) is 9.63. The molecule has 0 N–H and O–H groups in total. The molecule has 0 fully saturated rings. The van der Waals surface area contributed by atoms with Gasteiger partial charge in [0.05, 0.1) is 12.2 Å². The maximum Gasteiger partial charge on any atom is 0.232 e. The van der Waals surface area contributed by atoms with Gasteiger partial charge < -0.3 is 23.5 Å². The number of aromatic nitrogens is 1. The fourth-order valence-electron chi connectivity index (χ4n) is 4.72. The number of para-hydroxylation sites is 1. The van der Waals surface area contributed by atoms with Crippen molar-refractivity contribution in [3.63, 3.8) is 0 Å². The van der Waals surface area contributed by atoms with Crippen molar-refractivity contribution in [3.8, 4) is 17.2 Å². The summed E-state index contributed by atoms with van der Waals surface area (Å²) in [6, 6.07) is 15.7. The monoisotopic (exact) mass is 531 g/mol. The number of hydrogen-bond donors (Lipinski definition) is 0. The number of allylic oxidation sites excluding steroid dienone is 1. The third-order valence-electron chi connectivity index (χ3n) is 6.30. The molecule has 0 atom stereocenters. The minimum absolute atomic E-state index is 0.119. The number of rotatable bonds is 4. The van der Waals surface area contributed by atoms with Gasteiger partial charge in [0.2, 0.25) is 5.78 Å². The molecular weight excluding hydrogens is 510 g/mol. The van der Waals surface area contributed by atoms with Crippen LogP contribution in [0, 0.1) is 6.92 Å². The summed E-state index contributed by atoms with van der Waals surface area (Å²) in [7, 11) is 1.99. The Labute approximate surface area is 210 Å². The largest absolute Gasteiger partial charge is 0.489 e. The minimum Gasteiger partial charge on any atom is -0.489 e. The van der Waals surface area contributed by atoms with Crippen LogP contribution in [0.3, 0.4) is 0 Å². The summed E-state index contributed by atoms with van der Waals surface area (Å²) in [4.78, 5) is 13.2. The third-order valence-corrected chi connectivity index (χ3v) is 6.76. The van der Waals surface area contributed by atoms with Crippen LogP contribution in [0.25, 0.3) is 17.0 Å². The first-order valence-electron chi connectivity index (χ1n) is 11.3. The molecule has 3 aromatic carbocycles. The summed E-state index contributed by atoms with van der Waals surface area (Å²) in [6.07, 6.45) is 3.82. The topological polar surface area (TPSA) is 58.9 Å². The summed E-state index contributed by atoms with van der Waals surface area (Å²) in [6.45, 7) is 2.94. The van der Waals surface area contributed by atoms with Gasteiger partial charge in [0, 0.05) is 51.4 Å². The molecule has 7 heteroatoms. The van der Waals surface area contributed by atoms with Crippen LogP contribution in [0.1, 0.15) is 32.6 Å². The molecule has 4 aromatic rings. The molecule has 176 valence electrons. The maximum absolute atomic E-state index is 13.2. The van der Waals surface area contributed by atoms with Gasteiger partial charge in [-0.15, -0.1) is 0 Å². The zero-order valence-electron chi connectivity index (χ0n) is 19.3. The summed E-state index contributed by atoms with van der Waals surface area (Å²) in [5.41, 5.74) is 5.32. The Morgan fingerprint density at radius 2 is 2.03 bits per heavy atom. The normalized spacial score (nSPS) is 15.6. The van der Waals surface area contributed by atoms with Crippen molar-refractivity contribution in [2.75, 3.05) is 6.79 Å². The molecule has 3 heterocycles. The molecule has 6 rings (SSSR count). The molecule has 6 nitrogen and oxygen atoms in total. The smallest absolute Gasteiger partial charge is 0.232 e. The van der Waals surface area contributed by atoms with Gasteiger partial charge in [0.1, 0.15) is 23.9 Å². The molecular formula is C28H22BrNO5. The summed E-state index contributed by atoms with van der Waals surface area (Å²) < 4.78 is 26.2. The van der Waals surface area contributed by atoms with E-state index in [1.807, 2.05) is 67.2 Å². The first-order valence-corrected chi connectivity index (χ1v) is 12.0. The van der Waals surface area contributed by atoms with E-state index in [1.165, 1.54) is 0 Å². The molecule has 0 bridgehead atoms. The van der Waals surface area contributed by atoms with Gasteiger partial charge in [0.15, 0.2) is 12.6 Å². The maximum atomic E-state index is 13.2. The lowest BCUT2D eigenvalue weighted by molar-refractivity contribution is -0.0176. The van der Waals surface area contributed by atoms with E-state index in [0.29, 0.717) is 36.0 Å². The number of carbonyl (C=O) groups excluding carboxylic acids is 1. The summed E-state index contributed by atoms with van der Waals surface area (Å²) >= 11 is 3.54. The van der Waals surface area contributed by atoms with Gasteiger partial charge in [-0.1, -0.05) is 34.1 Å². The Hall–Kier alpha value is -3.55. The number of ketones is 1. The van der Waals surface area contributed by atoms with E-state index in [1.54, 1.807) is 6.07 Å². The molecule has 0 radical (unpaired) electrons. The van der Waals surface area contributed by atoms with Crippen molar-refractivity contribution in [1.29, 1.82) is 0 Å². The summed E-state index contributed by atoms with van der Waals surface area (Å²) in [5.74, 6) is 2.13. The Morgan fingerprint density at radius 3 is 2.91 bits per heavy atom. The summed E-state index contributed by atoms with van der Waals surface area (Å²) in [5, 5.41) is 1.07. The van der Waals surface area contributed by atoms with Gasteiger partial charge in [-0.25, -0.2) is 0 Å². The van der Waals surface area contributed by atoms with Crippen LogP contribution in [0.2, 0.25) is 0 Å². The van der Waals surface area contributed by atoms with Gasteiger partial charge >= 0.3 is 0 Å². The Bertz CT molecular complexity index is 1530. The van der Waals surface area contributed by atoms with Crippen molar-refractivity contribution in [3.05, 3.63) is 92.8 Å². The predicted molar refractivity (Wildman–Crippen MR) is 136 cm³/mol. The SMILES string of the molecule is Cc1cc(OCc2cc(Br)cc3c2OCOC3)cc2c1C(=O)/C(=C/c1cn(C)c3ccccc13)O2. The highest BCUT2D eigenvalue weighted by Gasteiger charge is 2.30. The average molecular weight is 532 g/mol. The highest BCUT2D eigenvalue weighted by atomic mass is 79.9. The Morgan fingerprint density at radius 1 is 1.17 bits per heavy atom. The lowest BCUT2D eigenvalue weighted by atomic mass is 10.0. The lowest BCUT2D eigenvalue weighted by Crippen LogP contribution is -2.14. The second-order valence-electron chi connectivity index (χ2n) is 8.72. The molecule has 35 heavy (non-hydrogen) atoms. The number of benzene rings is 3. The molecule has 0 saturated carbocycles. The molecule has 0 spiro atoms. The van der Waals surface area contributed by atoms with Gasteiger partial charge in [-0.3, -0.25) is 4.79 Å².